The van der Waals surface area contributed by atoms with Crippen molar-refractivity contribution in [2.75, 3.05) is 44.2 Å². The van der Waals surface area contributed by atoms with Crippen LogP contribution in [0.1, 0.15) is 27.6 Å². The SMILES string of the molecule is Cc1cccc(N2CCN(C(=O)CN3CCc4sccc4[C@@H]3c3ccccc3)CC2)c1. The molecule has 1 aromatic heterocycles. The van der Waals surface area contributed by atoms with Crippen molar-refractivity contribution >= 4 is 22.9 Å². The monoisotopic (exact) mass is 431 g/mol. The summed E-state index contributed by atoms with van der Waals surface area (Å²) in [6, 6.07) is 21.7. The van der Waals surface area contributed by atoms with Crippen molar-refractivity contribution < 1.29 is 4.79 Å². The van der Waals surface area contributed by atoms with Crippen LogP contribution < -0.4 is 4.90 Å². The number of carbonyl (C=O) groups is 1. The summed E-state index contributed by atoms with van der Waals surface area (Å²) in [5.74, 6) is 0.253. The van der Waals surface area contributed by atoms with E-state index in [1.54, 1.807) is 0 Å². The zero-order chi connectivity index (χ0) is 21.2. The predicted molar refractivity (Wildman–Crippen MR) is 128 cm³/mol. The van der Waals surface area contributed by atoms with Gasteiger partial charge in [-0.1, -0.05) is 42.5 Å². The van der Waals surface area contributed by atoms with Crippen LogP contribution in [-0.4, -0.2) is 55.0 Å². The summed E-state index contributed by atoms with van der Waals surface area (Å²) >= 11 is 1.84. The minimum absolute atomic E-state index is 0.175. The van der Waals surface area contributed by atoms with Crippen molar-refractivity contribution in [2.45, 2.75) is 19.4 Å². The molecule has 4 nitrogen and oxygen atoms in total. The third-order valence-electron chi connectivity index (χ3n) is 6.52. The van der Waals surface area contributed by atoms with E-state index < -0.39 is 0 Å². The molecule has 5 heteroatoms. The second kappa shape index (κ2) is 8.85. The summed E-state index contributed by atoms with van der Waals surface area (Å²) in [6.45, 7) is 6.92. The van der Waals surface area contributed by atoms with Crippen LogP contribution in [0.2, 0.25) is 0 Å². The van der Waals surface area contributed by atoms with E-state index in [1.165, 1.54) is 27.3 Å². The van der Waals surface area contributed by atoms with Crippen molar-refractivity contribution in [2.24, 2.45) is 0 Å². The molecule has 0 spiro atoms. The number of amides is 1. The minimum Gasteiger partial charge on any atom is -0.368 e. The first-order valence-electron chi connectivity index (χ1n) is 11.1. The first-order valence-corrected chi connectivity index (χ1v) is 12.0. The largest absolute Gasteiger partial charge is 0.368 e. The van der Waals surface area contributed by atoms with Crippen LogP contribution in [-0.2, 0) is 11.2 Å². The predicted octanol–water partition coefficient (Wildman–Crippen LogP) is 4.35. The molecule has 2 aliphatic rings. The number of fused-ring (bicyclic) bond motifs is 1. The number of hydrogen-bond acceptors (Lipinski definition) is 4. The molecule has 0 aliphatic carbocycles. The van der Waals surface area contributed by atoms with Crippen LogP contribution >= 0.6 is 11.3 Å². The molecule has 3 heterocycles. The molecule has 0 unspecified atom stereocenters. The van der Waals surface area contributed by atoms with Gasteiger partial charge in [-0.3, -0.25) is 9.69 Å². The Morgan fingerprint density at radius 2 is 1.77 bits per heavy atom. The van der Waals surface area contributed by atoms with Crippen molar-refractivity contribution in [1.29, 1.82) is 0 Å². The number of thiophene rings is 1. The lowest BCUT2D eigenvalue weighted by Crippen LogP contribution is -2.52. The molecule has 0 radical (unpaired) electrons. The Balaban J connectivity index is 1.27. The van der Waals surface area contributed by atoms with Crippen LogP contribution in [0.4, 0.5) is 5.69 Å². The van der Waals surface area contributed by atoms with E-state index in [0.29, 0.717) is 6.54 Å². The molecule has 160 valence electrons. The van der Waals surface area contributed by atoms with Crippen molar-refractivity contribution in [3.05, 3.63) is 87.6 Å². The zero-order valence-corrected chi connectivity index (χ0v) is 18.9. The number of nitrogens with zero attached hydrogens (tertiary/aromatic N) is 3. The van der Waals surface area contributed by atoms with Gasteiger partial charge >= 0.3 is 0 Å². The Kier molecular flexibility index (Phi) is 5.79. The van der Waals surface area contributed by atoms with Gasteiger partial charge in [-0.25, -0.2) is 0 Å². The fourth-order valence-corrected chi connectivity index (χ4v) is 5.78. The average Bonchev–Trinajstić information content (AvgIpc) is 3.28. The number of benzene rings is 2. The van der Waals surface area contributed by atoms with Gasteiger partial charge in [0.1, 0.15) is 0 Å². The maximum atomic E-state index is 13.3. The summed E-state index contributed by atoms with van der Waals surface area (Å²) in [6.07, 6.45) is 1.03. The second-order valence-corrected chi connectivity index (χ2v) is 9.54. The minimum atomic E-state index is 0.175. The van der Waals surface area contributed by atoms with Crippen LogP contribution in [0.15, 0.2) is 66.0 Å². The Morgan fingerprint density at radius 1 is 0.968 bits per heavy atom. The number of rotatable bonds is 4. The van der Waals surface area contributed by atoms with Gasteiger partial charge in [0, 0.05) is 43.3 Å². The van der Waals surface area contributed by atoms with Gasteiger partial charge in [0.05, 0.1) is 12.6 Å². The molecule has 5 rings (SSSR count). The third-order valence-corrected chi connectivity index (χ3v) is 7.52. The zero-order valence-electron chi connectivity index (χ0n) is 18.0. The van der Waals surface area contributed by atoms with Crippen LogP contribution in [0.3, 0.4) is 0 Å². The number of piperazine rings is 1. The molecule has 31 heavy (non-hydrogen) atoms. The summed E-state index contributed by atoms with van der Waals surface area (Å²) in [5, 5.41) is 2.19. The maximum Gasteiger partial charge on any atom is 0.236 e. The van der Waals surface area contributed by atoms with Crippen LogP contribution in [0.25, 0.3) is 0 Å². The quantitative estimate of drug-likeness (QED) is 0.614. The van der Waals surface area contributed by atoms with E-state index in [1.807, 2.05) is 11.3 Å². The second-order valence-electron chi connectivity index (χ2n) is 8.54. The molecule has 2 aliphatic heterocycles. The molecule has 0 N–H and O–H groups in total. The molecular formula is C26H29N3OS. The van der Waals surface area contributed by atoms with E-state index >= 15 is 0 Å². The highest BCUT2D eigenvalue weighted by Gasteiger charge is 2.32. The van der Waals surface area contributed by atoms with E-state index in [0.717, 1.165) is 39.1 Å². The normalized spacial score (nSPS) is 19.3. The van der Waals surface area contributed by atoms with Gasteiger partial charge in [-0.15, -0.1) is 11.3 Å². The van der Waals surface area contributed by atoms with Gasteiger partial charge in [0.2, 0.25) is 5.91 Å². The van der Waals surface area contributed by atoms with Crippen LogP contribution in [0.5, 0.6) is 0 Å². The molecule has 0 saturated carbocycles. The first kappa shape index (κ1) is 20.3. The molecule has 0 bridgehead atoms. The highest BCUT2D eigenvalue weighted by atomic mass is 32.1. The molecule has 1 amide bonds. The Labute approximate surface area is 188 Å². The topological polar surface area (TPSA) is 26.8 Å². The molecular weight excluding hydrogens is 402 g/mol. The standard InChI is InChI=1S/C26H29N3OS/c1-20-6-5-9-22(18-20)27-13-15-28(16-14-27)25(30)19-29-12-10-24-23(11-17-31-24)26(29)21-7-3-2-4-8-21/h2-9,11,17-18,26H,10,12-16,19H2,1H3/t26-/m0/s1. The number of aryl methyl sites for hydroxylation is 1. The van der Waals surface area contributed by atoms with Crippen molar-refractivity contribution in [3.63, 3.8) is 0 Å². The lowest BCUT2D eigenvalue weighted by atomic mass is 9.93. The van der Waals surface area contributed by atoms with Crippen molar-refractivity contribution in [3.8, 4) is 0 Å². The summed E-state index contributed by atoms with van der Waals surface area (Å²) < 4.78 is 0. The number of hydrogen-bond donors (Lipinski definition) is 0. The lowest BCUT2D eigenvalue weighted by molar-refractivity contribution is -0.133. The number of carbonyl (C=O) groups excluding carboxylic acids is 1. The Morgan fingerprint density at radius 3 is 2.55 bits per heavy atom. The summed E-state index contributed by atoms with van der Waals surface area (Å²) in [7, 11) is 0. The maximum absolute atomic E-state index is 13.3. The lowest BCUT2D eigenvalue weighted by Gasteiger charge is -2.39. The first-order chi connectivity index (χ1) is 15.2. The number of anilines is 1. The smallest absolute Gasteiger partial charge is 0.236 e. The molecule has 1 atom stereocenters. The molecule has 2 aromatic carbocycles. The van der Waals surface area contributed by atoms with E-state index in [9.17, 15) is 4.79 Å². The fourth-order valence-electron chi connectivity index (χ4n) is 4.88. The summed E-state index contributed by atoms with van der Waals surface area (Å²) in [4.78, 5) is 21.5. The van der Waals surface area contributed by atoms with E-state index in [2.05, 4.69) is 87.7 Å². The summed E-state index contributed by atoms with van der Waals surface area (Å²) in [5.41, 5.74) is 5.19. The van der Waals surface area contributed by atoms with Gasteiger partial charge in [0.15, 0.2) is 0 Å². The van der Waals surface area contributed by atoms with E-state index in [-0.39, 0.29) is 11.9 Å². The van der Waals surface area contributed by atoms with Gasteiger partial charge in [-0.2, -0.15) is 0 Å². The van der Waals surface area contributed by atoms with Crippen molar-refractivity contribution in [1.82, 2.24) is 9.80 Å². The van der Waals surface area contributed by atoms with Crippen LogP contribution in [0, 0.1) is 6.92 Å². The van der Waals surface area contributed by atoms with Gasteiger partial charge in [0.25, 0.3) is 0 Å². The van der Waals surface area contributed by atoms with E-state index in [4.69, 9.17) is 0 Å². The van der Waals surface area contributed by atoms with Gasteiger partial charge in [-0.05, 0) is 53.6 Å². The third kappa shape index (κ3) is 4.25. The highest BCUT2D eigenvalue weighted by molar-refractivity contribution is 7.10. The Hall–Kier alpha value is -2.63. The molecule has 1 fully saturated rings. The average molecular weight is 432 g/mol. The molecule has 3 aromatic rings. The Bertz CT molecular complexity index is 1040. The molecule has 1 saturated heterocycles. The highest BCUT2D eigenvalue weighted by Crippen LogP contribution is 2.37. The fraction of sp³-hybridized carbons (Fsp3) is 0.346. The van der Waals surface area contributed by atoms with Gasteiger partial charge < -0.3 is 9.80 Å².